The van der Waals surface area contributed by atoms with Crippen LogP contribution in [0.3, 0.4) is 0 Å². The number of aryl methyl sites for hydroxylation is 6. The molecule has 0 aliphatic rings. The molecule has 0 saturated heterocycles. The van der Waals surface area contributed by atoms with Gasteiger partial charge in [-0.2, -0.15) is 9.97 Å². The Kier molecular flexibility index (Phi) is 8.97. The van der Waals surface area contributed by atoms with Crippen LogP contribution in [-0.2, 0) is 0 Å². The Morgan fingerprint density at radius 2 is 0.740 bits per heavy atom. The fourth-order valence-electron chi connectivity index (χ4n) is 7.05. The second-order valence-electron chi connectivity index (χ2n) is 13.0. The maximum absolute atomic E-state index is 5.14. The summed E-state index contributed by atoms with van der Waals surface area (Å²) >= 11 is 0. The fraction of sp³-hybridized carbons (Fsp3) is 0.133. The van der Waals surface area contributed by atoms with E-state index in [4.69, 9.17) is 15.0 Å². The molecule has 7 rings (SSSR count). The van der Waals surface area contributed by atoms with E-state index in [9.17, 15) is 0 Å². The van der Waals surface area contributed by atoms with Crippen molar-refractivity contribution >= 4 is 34.4 Å². The van der Waals surface area contributed by atoms with E-state index in [-0.39, 0.29) is 0 Å². The summed E-state index contributed by atoms with van der Waals surface area (Å²) in [6.07, 6.45) is 0. The van der Waals surface area contributed by atoms with Gasteiger partial charge >= 0.3 is 0 Å². The Morgan fingerprint density at radius 1 is 0.360 bits per heavy atom. The maximum Gasteiger partial charge on any atom is 0.238 e. The molecule has 5 nitrogen and oxygen atoms in total. The highest BCUT2D eigenvalue weighted by Gasteiger charge is 2.24. The molecule has 0 aliphatic heterocycles. The van der Waals surface area contributed by atoms with E-state index in [2.05, 4.69) is 112 Å². The summed E-state index contributed by atoms with van der Waals surface area (Å²) in [5.74, 6) is 1.77. The van der Waals surface area contributed by atoms with E-state index in [1.165, 1.54) is 44.8 Å². The number of hydrogen-bond acceptors (Lipinski definition) is 5. The third-order valence-corrected chi connectivity index (χ3v) is 8.97. The summed E-state index contributed by atoms with van der Waals surface area (Å²) in [5, 5.41) is 0. The van der Waals surface area contributed by atoms with Crippen molar-refractivity contribution in [3.63, 3.8) is 0 Å². The molecule has 0 bridgehead atoms. The number of aromatic nitrogens is 3. The van der Waals surface area contributed by atoms with E-state index < -0.39 is 0 Å². The number of para-hydroxylation sites is 1. The van der Waals surface area contributed by atoms with Crippen LogP contribution in [-0.4, -0.2) is 15.0 Å². The summed E-state index contributed by atoms with van der Waals surface area (Å²) in [5.41, 5.74) is 14.6. The second kappa shape index (κ2) is 13.8. The van der Waals surface area contributed by atoms with Crippen LogP contribution in [0.4, 0.5) is 34.4 Å². The molecule has 0 saturated carbocycles. The lowest BCUT2D eigenvalue weighted by Gasteiger charge is -2.33. The first-order valence-electron chi connectivity index (χ1n) is 17.0. The average molecular weight is 652 g/mol. The Morgan fingerprint density at radius 3 is 1.18 bits per heavy atom. The number of nitrogens with zero attached hydrogens (tertiary/aromatic N) is 5. The van der Waals surface area contributed by atoms with Crippen molar-refractivity contribution in [2.75, 3.05) is 9.80 Å². The largest absolute Gasteiger partial charge is 0.309 e. The molecule has 1 heterocycles. The second-order valence-corrected chi connectivity index (χ2v) is 13.0. The quantitative estimate of drug-likeness (QED) is 0.164. The molecule has 50 heavy (non-hydrogen) atoms. The number of benzene rings is 6. The monoisotopic (exact) mass is 651 g/mol. The summed E-state index contributed by atoms with van der Waals surface area (Å²) in [7, 11) is 0. The minimum Gasteiger partial charge on any atom is -0.309 e. The molecule has 0 amide bonds. The normalized spacial score (nSPS) is 11.0. The molecular weight excluding hydrogens is 611 g/mol. The molecule has 0 spiro atoms. The average Bonchev–Trinajstić information content (AvgIpc) is 3.11. The van der Waals surface area contributed by atoms with Crippen molar-refractivity contribution in [2.24, 2.45) is 0 Å². The molecule has 246 valence electrons. The molecular formula is C45H41N5. The van der Waals surface area contributed by atoms with Gasteiger partial charge in [0.05, 0.1) is 17.1 Å². The van der Waals surface area contributed by atoms with Gasteiger partial charge < -0.3 is 4.90 Å². The topological polar surface area (TPSA) is 45.2 Å². The van der Waals surface area contributed by atoms with E-state index in [0.717, 1.165) is 28.2 Å². The lowest BCUT2D eigenvalue weighted by Crippen LogP contribution is -2.18. The molecule has 5 heteroatoms. The van der Waals surface area contributed by atoms with E-state index in [1.807, 2.05) is 78.9 Å². The summed E-state index contributed by atoms with van der Waals surface area (Å²) in [6.45, 7) is 13.2. The van der Waals surface area contributed by atoms with E-state index in [1.54, 1.807) is 0 Å². The predicted molar refractivity (Wildman–Crippen MR) is 208 cm³/mol. The van der Waals surface area contributed by atoms with Gasteiger partial charge in [0.2, 0.25) is 5.95 Å². The minimum atomic E-state index is 0.540. The zero-order chi connectivity index (χ0) is 34.8. The minimum absolute atomic E-state index is 0.540. The van der Waals surface area contributed by atoms with Gasteiger partial charge in [-0.15, -0.1) is 0 Å². The number of hydrogen-bond donors (Lipinski definition) is 0. The van der Waals surface area contributed by atoms with Gasteiger partial charge in [-0.05, 0) is 94.1 Å². The van der Waals surface area contributed by atoms with E-state index >= 15 is 0 Å². The third kappa shape index (κ3) is 6.50. The predicted octanol–water partition coefficient (Wildman–Crippen LogP) is 12.0. The highest BCUT2D eigenvalue weighted by Crippen LogP contribution is 2.44. The zero-order valence-corrected chi connectivity index (χ0v) is 29.5. The summed E-state index contributed by atoms with van der Waals surface area (Å²) in [6, 6.07) is 48.3. The number of rotatable bonds is 8. The van der Waals surface area contributed by atoms with Crippen LogP contribution in [0.1, 0.15) is 33.4 Å². The Bertz CT molecular complexity index is 2120. The van der Waals surface area contributed by atoms with E-state index in [0.29, 0.717) is 17.6 Å². The van der Waals surface area contributed by atoms with Crippen LogP contribution in [0.2, 0.25) is 0 Å². The molecule has 0 fully saturated rings. The molecule has 0 unspecified atom stereocenters. The van der Waals surface area contributed by atoms with Gasteiger partial charge in [0, 0.05) is 22.5 Å². The lowest BCUT2D eigenvalue weighted by atomic mass is 9.98. The first kappa shape index (κ1) is 32.5. The van der Waals surface area contributed by atoms with Crippen LogP contribution in [0.15, 0.2) is 140 Å². The first-order chi connectivity index (χ1) is 24.3. The maximum atomic E-state index is 5.14. The van der Waals surface area contributed by atoms with Crippen molar-refractivity contribution in [1.29, 1.82) is 0 Å². The van der Waals surface area contributed by atoms with Crippen LogP contribution in [0, 0.1) is 41.5 Å². The van der Waals surface area contributed by atoms with Gasteiger partial charge in [0.15, 0.2) is 11.6 Å². The highest BCUT2D eigenvalue weighted by molar-refractivity contribution is 5.86. The van der Waals surface area contributed by atoms with Crippen molar-refractivity contribution in [3.8, 4) is 22.8 Å². The Labute approximate surface area is 295 Å². The van der Waals surface area contributed by atoms with Gasteiger partial charge in [-0.25, -0.2) is 4.98 Å². The first-order valence-corrected chi connectivity index (χ1v) is 17.0. The van der Waals surface area contributed by atoms with Crippen molar-refractivity contribution in [1.82, 2.24) is 15.0 Å². The molecule has 6 aromatic carbocycles. The van der Waals surface area contributed by atoms with Crippen molar-refractivity contribution in [3.05, 3.63) is 173 Å². The lowest BCUT2D eigenvalue weighted by molar-refractivity contribution is 1.02. The van der Waals surface area contributed by atoms with Gasteiger partial charge in [-0.1, -0.05) is 120 Å². The molecule has 0 N–H and O–H groups in total. The Hall–Kier alpha value is -6.07. The van der Waals surface area contributed by atoms with Gasteiger partial charge in [-0.3, -0.25) is 4.90 Å². The van der Waals surface area contributed by atoms with Crippen LogP contribution in [0.25, 0.3) is 22.8 Å². The molecule has 0 aliphatic carbocycles. The molecule has 0 radical (unpaired) electrons. The van der Waals surface area contributed by atoms with Crippen molar-refractivity contribution in [2.45, 2.75) is 41.5 Å². The van der Waals surface area contributed by atoms with Gasteiger partial charge in [0.1, 0.15) is 0 Å². The number of anilines is 6. The fourth-order valence-corrected chi connectivity index (χ4v) is 7.05. The molecule has 0 atom stereocenters. The Balaban J connectivity index is 1.47. The summed E-state index contributed by atoms with van der Waals surface area (Å²) < 4.78 is 0. The third-order valence-electron chi connectivity index (χ3n) is 8.97. The van der Waals surface area contributed by atoms with Crippen LogP contribution in [0.5, 0.6) is 0 Å². The zero-order valence-electron chi connectivity index (χ0n) is 29.5. The smallest absolute Gasteiger partial charge is 0.238 e. The SMILES string of the molecule is Cc1cc(C)c(N(c2cccc(N(c3ccccc3)c3nc(-c4ccccc4)nc(-c4ccccc4)n3)c2)c2c(C)cc(C)cc2C)c(C)c1. The molecule has 7 aromatic rings. The standard InChI is InChI=1S/C45H41N5/c1-30-25-32(3)41(33(4)26-30)50(42-34(5)27-31(2)28-35(42)6)40-24-16-23-39(29-40)49(38-21-14-9-15-22-38)45-47-43(36-17-10-7-11-18-36)46-44(48-45)37-19-12-8-13-20-37/h7-29H,1-6H3. The summed E-state index contributed by atoms with van der Waals surface area (Å²) in [4.78, 5) is 19.8. The highest BCUT2D eigenvalue weighted by atomic mass is 15.3. The van der Waals surface area contributed by atoms with Crippen molar-refractivity contribution < 1.29 is 0 Å². The van der Waals surface area contributed by atoms with Crippen LogP contribution >= 0.6 is 0 Å². The van der Waals surface area contributed by atoms with Crippen LogP contribution < -0.4 is 9.80 Å². The molecule has 1 aromatic heterocycles. The van der Waals surface area contributed by atoms with Gasteiger partial charge in [0.25, 0.3) is 0 Å².